The summed E-state index contributed by atoms with van der Waals surface area (Å²) in [5.74, 6) is 0. The van der Waals surface area contributed by atoms with Crippen molar-refractivity contribution in [2.24, 2.45) is 0 Å². The van der Waals surface area contributed by atoms with Crippen molar-refractivity contribution in [2.75, 3.05) is 0 Å². The standard InChI is InChI=1S/C29H24S/c1-28(2,3)19-16-17-23-21(18-19)20-10-4-5-11-22(20)29(23)24-12-6-8-14-26(24)30-27-15-9-7-13-25(27)29/h4-18H,1-3H3. The van der Waals surface area contributed by atoms with Gasteiger partial charge in [-0.25, -0.2) is 0 Å². The van der Waals surface area contributed by atoms with Gasteiger partial charge < -0.3 is 0 Å². The molecule has 0 unspecified atom stereocenters. The van der Waals surface area contributed by atoms with Gasteiger partial charge in [0.2, 0.25) is 0 Å². The van der Waals surface area contributed by atoms with Crippen LogP contribution < -0.4 is 0 Å². The molecule has 1 aliphatic carbocycles. The van der Waals surface area contributed by atoms with Gasteiger partial charge in [-0.1, -0.05) is 111 Å². The fourth-order valence-electron chi connectivity index (χ4n) is 5.33. The zero-order chi connectivity index (χ0) is 20.5. The first-order chi connectivity index (χ1) is 14.5. The van der Waals surface area contributed by atoms with Crippen LogP contribution in [0.1, 0.15) is 48.6 Å². The van der Waals surface area contributed by atoms with E-state index in [0.717, 1.165) is 0 Å². The summed E-state index contributed by atoms with van der Waals surface area (Å²) < 4.78 is 0. The fourth-order valence-corrected chi connectivity index (χ4v) is 6.52. The first-order valence-electron chi connectivity index (χ1n) is 10.6. The van der Waals surface area contributed by atoms with E-state index in [0.29, 0.717) is 0 Å². The topological polar surface area (TPSA) is 0 Å². The van der Waals surface area contributed by atoms with Crippen molar-refractivity contribution in [3.05, 3.63) is 119 Å². The van der Waals surface area contributed by atoms with Crippen LogP contribution in [-0.2, 0) is 10.8 Å². The minimum Gasteiger partial charge on any atom is -0.0894 e. The van der Waals surface area contributed by atoms with E-state index in [1.54, 1.807) is 0 Å². The molecule has 4 aromatic carbocycles. The third-order valence-corrected chi connectivity index (χ3v) is 7.86. The Morgan fingerprint density at radius 1 is 0.567 bits per heavy atom. The van der Waals surface area contributed by atoms with Crippen LogP contribution in [0.4, 0.5) is 0 Å². The molecule has 1 aliphatic heterocycles. The van der Waals surface area contributed by atoms with Crippen LogP contribution in [0, 0.1) is 0 Å². The van der Waals surface area contributed by atoms with Gasteiger partial charge in [-0.05, 0) is 56.5 Å². The number of benzene rings is 4. The summed E-state index contributed by atoms with van der Waals surface area (Å²) in [6, 6.07) is 34.2. The molecule has 0 amide bonds. The summed E-state index contributed by atoms with van der Waals surface area (Å²) in [5.41, 5.74) is 9.65. The van der Waals surface area contributed by atoms with Crippen molar-refractivity contribution in [3.8, 4) is 11.1 Å². The van der Waals surface area contributed by atoms with Crippen LogP contribution in [0.2, 0.25) is 0 Å². The second kappa shape index (κ2) is 6.12. The average Bonchev–Trinajstić information content (AvgIpc) is 3.04. The van der Waals surface area contributed by atoms with Crippen molar-refractivity contribution in [3.63, 3.8) is 0 Å². The van der Waals surface area contributed by atoms with Gasteiger partial charge in [0.25, 0.3) is 0 Å². The largest absolute Gasteiger partial charge is 0.0894 e. The number of rotatable bonds is 0. The predicted octanol–water partition coefficient (Wildman–Crippen LogP) is 7.81. The minimum atomic E-state index is -0.249. The highest BCUT2D eigenvalue weighted by molar-refractivity contribution is 7.99. The first-order valence-corrected chi connectivity index (χ1v) is 11.4. The molecule has 1 heteroatoms. The average molecular weight is 405 g/mol. The molecule has 146 valence electrons. The maximum atomic E-state index is 2.44. The third-order valence-electron chi connectivity index (χ3n) is 6.71. The second-order valence-electron chi connectivity index (χ2n) is 9.40. The Hall–Kier alpha value is -2.77. The summed E-state index contributed by atoms with van der Waals surface area (Å²) in [6.45, 7) is 6.90. The lowest BCUT2D eigenvalue weighted by atomic mass is 9.67. The van der Waals surface area contributed by atoms with E-state index in [1.807, 2.05) is 11.8 Å². The lowest BCUT2D eigenvalue weighted by Crippen LogP contribution is -2.32. The van der Waals surface area contributed by atoms with E-state index in [-0.39, 0.29) is 10.8 Å². The van der Waals surface area contributed by atoms with Gasteiger partial charge >= 0.3 is 0 Å². The highest BCUT2D eigenvalue weighted by atomic mass is 32.2. The minimum absolute atomic E-state index is 0.123. The van der Waals surface area contributed by atoms with E-state index < -0.39 is 0 Å². The van der Waals surface area contributed by atoms with Crippen LogP contribution in [0.3, 0.4) is 0 Å². The molecule has 0 radical (unpaired) electrons. The molecule has 4 aromatic rings. The Morgan fingerprint density at radius 3 is 1.73 bits per heavy atom. The van der Waals surface area contributed by atoms with Gasteiger partial charge in [-0.2, -0.15) is 0 Å². The lowest BCUT2D eigenvalue weighted by molar-refractivity contribution is 0.590. The van der Waals surface area contributed by atoms with Crippen LogP contribution in [0.5, 0.6) is 0 Å². The highest BCUT2D eigenvalue weighted by Gasteiger charge is 2.50. The van der Waals surface area contributed by atoms with Crippen molar-refractivity contribution in [1.82, 2.24) is 0 Å². The molecule has 0 fully saturated rings. The molecule has 6 rings (SSSR count). The first kappa shape index (κ1) is 18.0. The number of hydrogen-bond acceptors (Lipinski definition) is 1. The molecular weight excluding hydrogens is 380 g/mol. The summed E-state index contributed by atoms with van der Waals surface area (Å²) in [5, 5.41) is 0. The Balaban J connectivity index is 1.79. The Bertz CT molecular complexity index is 1260. The van der Waals surface area contributed by atoms with Gasteiger partial charge in [-0.3, -0.25) is 0 Å². The monoisotopic (exact) mass is 404 g/mol. The summed E-state index contributed by atoms with van der Waals surface area (Å²) in [6.07, 6.45) is 0. The third kappa shape index (κ3) is 2.24. The summed E-state index contributed by atoms with van der Waals surface area (Å²) >= 11 is 1.90. The normalized spacial score (nSPS) is 15.3. The Labute approximate surface area is 183 Å². The van der Waals surface area contributed by atoms with E-state index in [9.17, 15) is 0 Å². The van der Waals surface area contributed by atoms with E-state index >= 15 is 0 Å². The molecule has 0 saturated carbocycles. The predicted molar refractivity (Wildman–Crippen MR) is 127 cm³/mol. The molecule has 1 spiro atoms. The lowest BCUT2D eigenvalue weighted by Gasteiger charge is -2.39. The highest BCUT2D eigenvalue weighted by Crippen LogP contribution is 2.62. The number of fused-ring (bicyclic) bond motifs is 9. The molecule has 0 atom stereocenters. The van der Waals surface area contributed by atoms with E-state index in [2.05, 4.69) is 112 Å². The van der Waals surface area contributed by atoms with Crippen molar-refractivity contribution in [2.45, 2.75) is 41.4 Å². The SMILES string of the molecule is CC(C)(C)c1ccc2c(c1)-c1ccccc1C21c2ccccc2Sc2ccccc21. The molecule has 0 saturated heterocycles. The van der Waals surface area contributed by atoms with E-state index in [1.165, 1.54) is 48.7 Å². The smallest absolute Gasteiger partial charge is 0.0735 e. The van der Waals surface area contributed by atoms with Crippen LogP contribution in [0.15, 0.2) is 101 Å². The fraction of sp³-hybridized carbons (Fsp3) is 0.172. The van der Waals surface area contributed by atoms with Gasteiger partial charge in [0.15, 0.2) is 0 Å². The molecule has 0 N–H and O–H groups in total. The molecule has 30 heavy (non-hydrogen) atoms. The van der Waals surface area contributed by atoms with Crippen molar-refractivity contribution < 1.29 is 0 Å². The maximum Gasteiger partial charge on any atom is 0.0735 e. The maximum absolute atomic E-state index is 2.44. The molecule has 0 bridgehead atoms. The Kier molecular flexibility index (Phi) is 3.68. The molecule has 0 nitrogen and oxygen atoms in total. The van der Waals surface area contributed by atoms with E-state index in [4.69, 9.17) is 0 Å². The zero-order valence-corrected chi connectivity index (χ0v) is 18.4. The van der Waals surface area contributed by atoms with Crippen molar-refractivity contribution >= 4 is 11.8 Å². The summed E-state index contributed by atoms with van der Waals surface area (Å²) in [4.78, 5) is 2.72. The van der Waals surface area contributed by atoms with Gasteiger partial charge in [0, 0.05) is 9.79 Å². The zero-order valence-electron chi connectivity index (χ0n) is 17.6. The van der Waals surface area contributed by atoms with Crippen LogP contribution in [-0.4, -0.2) is 0 Å². The molecule has 1 heterocycles. The second-order valence-corrected chi connectivity index (χ2v) is 10.5. The molecular formula is C29H24S. The summed E-state index contributed by atoms with van der Waals surface area (Å²) in [7, 11) is 0. The van der Waals surface area contributed by atoms with Gasteiger partial charge in [-0.15, -0.1) is 0 Å². The molecule has 2 aliphatic rings. The quantitative estimate of drug-likeness (QED) is 0.249. The Morgan fingerprint density at radius 2 is 1.10 bits per heavy atom. The number of hydrogen-bond donors (Lipinski definition) is 0. The van der Waals surface area contributed by atoms with Crippen molar-refractivity contribution in [1.29, 1.82) is 0 Å². The van der Waals surface area contributed by atoms with Gasteiger partial charge in [0.1, 0.15) is 0 Å². The molecule has 0 aromatic heterocycles. The van der Waals surface area contributed by atoms with Crippen LogP contribution in [0.25, 0.3) is 11.1 Å². The van der Waals surface area contributed by atoms with Gasteiger partial charge in [0.05, 0.1) is 5.41 Å². The van der Waals surface area contributed by atoms with Crippen LogP contribution >= 0.6 is 11.8 Å².